The number of fused-ring (bicyclic) bond motifs is 5. The van der Waals surface area contributed by atoms with Gasteiger partial charge in [-0.1, -0.05) is 91.0 Å². The Labute approximate surface area is 294 Å². The third-order valence-corrected chi connectivity index (χ3v) is 9.57. The predicted octanol–water partition coefficient (Wildman–Crippen LogP) is 11.1. The fourth-order valence-electron chi connectivity index (χ4n) is 7.24. The zero-order valence-electron chi connectivity index (χ0n) is 27.3. The van der Waals surface area contributed by atoms with Crippen LogP contribution in [0.25, 0.3) is 82.8 Å². The summed E-state index contributed by atoms with van der Waals surface area (Å²) in [4.78, 5) is 8.32. The quantitative estimate of drug-likeness (QED) is 0.186. The van der Waals surface area contributed by atoms with Gasteiger partial charge in [-0.15, -0.1) is 0 Å². The smallest absolute Gasteiger partial charge is 0.141 e. The number of para-hydroxylation sites is 1. The Morgan fingerprint density at radius 3 is 1.61 bits per heavy atom. The van der Waals surface area contributed by atoms with Crippen molar-refractivity contribution in [2.45, 2.75) is 0 Å². The van der Waals surface area contributed by atoms with Gasteiger partial charge in [0.1, 0.15) is 23.5 Å². The molecule has 0 bridgehead atoms. The standard InChI is InChI=1S/C46H27N5/c47-28-37-24-34(18-20-49-37)31-9-6-8-30(22-31)33-16-17-42-44(26-33)51(39-12-2-1-3-13-39)45-27-43(40-14-4-5-15-41(40)46(42)45)36-11-7-10-32(23-36)35-19-21-50-38(25-35)29-48/h1-27H. The lowest BCUT2D eigenvalue weighted by molar-refractivity contribution is 1.18. The van der Waals surface area contributed by atoms with Crippen molar-refractivity contribution in [3.8, 4) is 62.3 Å². The number of nitriles is 2. The molecule has 9 rings (SSSR count). The highest BCUT2D eigenvalue weighted by atomic mass is 15.0. The summed E-state index contributed by atoms with van der Waals surface area (Å²) >= 11 is 0. The van der Waals surface area contributed by atoms with Gasteiger partial charge < -0.3 is 4.57 Å². The molecule has 0 saturated carbocycles. The molecule has 0 saturated heterocycles. The SMILES string of the molecule is N#Cc1cc(-c2cccc(-c3ccc4c5c6ccccc6c(-c6cccc(-c7ccnc(C#N)c7)c6)cc5n(-c5ccccc5)c4c3)c2)ccn1. The average molecular weight is 650 g/mol. The summed E-state index contributed by atoms with van der Waals surface area (Å²) in [6.07, 6.45) is 3.37. The molecule has 0 fully saturated rings. The van der Waals surface area contributed by atoms with E-state index in [1.54, 1.807) is 12.4 Å². The molecular formula is C46H27N5. The monoisotopic (exact) mass is 649 g/mol. The Morgan fingerprint density at radius 2 is 0.961 bits per heavy atom. The Kier molecular flexibility index (Phi) is 7.17. The molecule has 5 heteroatoms. The van der Waals surface area contributed by atoms with Crippen LogP contribution in [-0.4, -0.2) is 14.5 Å². The van der Waals surface area contributed by atoms with Gasteiger partial charge in [0, 0.05) is 28.9 Å². The summed E-state index contributed by atoms with van der Waals surface area (Å²) in [6.45, 7) is 0. The first-order valence-electron chi connectivity index (χ1n) is 16.7. The zero-order chi connectivity index (χ0) is 34.3. The van der Waals surface area contributed by atoms with Crippen molar-refractivity contribution < 1.29 is 0 Å². The molecule has 0 unspecified atom stereocenters. The van der Waals surface area contributed by atoms with E-state index in [1.165, 1.54) is 21.5 Å². The lowest BCUT2D eigenvalue weighted by atomic mass is 9.92. The number of hydrogen-bond donors (Lipinski definition) is 0. The van der Waals surface area contributed by atoms with E-state index in [4.69, 9.17) is 0 Å². The minimum absolute atomic E-state index is 0.397. The van der Waals surface area contributed by atoms with Gasteiger partial charge in [0.05, 0.1) is 11.0 Å². The van der Waals surface area contributed by atoms with Crippen LogP contribution in [0, 0.1) is 22.7 Å². The van der Waals surface area contributed by atoms with Gasteiger partial charge in [-0.25, -0.2) is 9.97 Å². The maximum atomic E-state index is 9.47. The summed E-state index contributed by atoms with van der Waals surface area (Å²) in [6, 6.07) is 57.1. The number of aromatic nitrogens is 3. The van der Waals surface area contributed by atoms with Crippen LogP contribution in [0.1, 0.15) is 11.4 Å². The molecule has 0 radical (unpaired) electrons. The van der Waals surface area contributed by atoms with Crippen LogP contribution in [0.5, 0.6) is 0 Å². The topological polar surface area (TPSA) is 78.3 Å². The fraction of sp³-hybridized carbons (Fsp3) is 0. The largest absolute Gasteiger partial charge is 0.309 e. The predicted molar refractivity (Wildman–Crippen MR) is 205 cm³/mol. The third-order valence-electron chi connectivity index (χ3n) is 9.57. The minimum atomic E-state index is 0.397. The van der Waals surface area contributed by atoms with Gasteiger partial charge in [-0.05, 0) is 116 Å². The summed E-state index contributed by atoms with van der Waals surface area (Å²) in [5, 5.41) is 23.6. The zero-order valence-corrected chi connectivity index (χ0v) is 27.3. The van der Waals surface area contributed by atoms with E-state index in [-0.39, 0.29) is 0 Å². The maximum Gasteiger partial charge on any atom is 0.141 e. The van der Waals surface area contributed by atoms with Crippen molar-refractivity contribution in [2.24, 2.45) is 0 Å². The van der Waals surface area contributed by atoms with Crippen molar-refractivity contribution in [1.29, 1.82) is 10.5 Å². The number of benzene rings is 6. The Hall–Kier alpha value is -7.34. The third kappa shape index (κ3) is 5.18. The van der Waals surface area contributed by atoms with Crippen LogP contribution < -0.4 is 0 Å². The first-order chi connectivity index (χ1) is 25.2. The van der Waals surface area contributed by atoms with Crippen molar-refractivity contribution in [3.05, 3.63) is 175 Å². The van der Waals surface area contributed by atoms with Crippen LogP contribution in [0.3, 0.4) is 0 Å². The Bertz CT molecular complexity index is 2890. The maximum absolute atomic E-state index is 9.47. The molecule has 236 valence electrons. The molecule has 0 spiro atoms. The van der Waals surface area contributed by atoms with Gasteiger partial charge in [0.25, 0.3) is 0 Å². The van der Waals surface area contributed by atoms with Crippen LogP contribution in [0.4, 0.5) is 0 Å². The minimum Gasteiger partial charge on any atom is -0.309 e. The first kappa shape index (κ1) is 29.8. The second-order valence-corrected chi connectivity index (χ2v) is 12.5. The highest BCUT2D eigenvalue weighted by Gasteiger charge is 2.19. The Balaban J connectivity index is 1.28. The number of pyridine rings is 2. The van der Waals surface area contributed by atoms with Crippen molar-refractivity contribution in [1.82, 2.24) is 14.5 Å². The molecule has 0 aliphatic carbocycles. The summed E-state index contributed by atoms with van der Waals surface area (Å²) in [5.41, 5.74) is 12.5. The van der Waals surface area contributed by atoms with Crippen LogP contribution in [0.15, 0.2) is 164 Å². The van der Waals surface area contributed by atoms with Gasteiger partial charge in [-0.2, -0.15) is 10.5 Å². The molecule has 5 nitrogen and oxygen atoms in total. The lowest BCUT2D eigenvalue weighted by Crippen LogP contribution is -1.94. The van der Waals surface area contributed by atoms with E-state index in [1.807, 2.05) is 30.3 Å². The molecule has 3 aromatic heterocycles. The van der Waals surface area contributed by atoms with Crippen molar-refractivity contribution >= 4 is 32.6 Å². The fourth-order valence-corrected chi connectivity index (χ4v) is 7.24. The van der Waals surface area contributed by atoms with Crippen LogP contribution in [0.2, 0.25) is 0 Å². The van der Waals surface area contributed by atoms with Gasteiger partial charge in [0.2, 0.25) is 0 Å². The van der Waals surface area contributed by atoms with E-state index < -0.39 is 0 Å². The Morgan fingerprint density at radius 1 is 0.412 bits per heavy atom. The van der Waals surface area contributed by atoms with Gasteiger partial charge in [0.15, 0.2) is 0 Å². The van der Waals surface area contributed by atoms with Crippen LogP contribution >= 0.6 is 0 Å². The van der Waals surface area contributed by atoms with Gasteiger partial charge >= 0.3 is 0 Å². The summed E-state index contributed by atoms with van der Waals surface area (Å²) in [5.74, 6) is 0. The van der Waals surface area contributed by atoms with E-state index in [0.717, 1.165) is 61.2 Å². The average Bonchev–Trinajstić information content (AvgIpc) is 3.54. The van der Waals surface area contributed by atoms with E-state index in [2.05, 4.69) is 148 Å². The highest BCUT2D eigenvalue weighted by molar-refractivity contribution is 6.24. The number of rotatable bonds is 5. The number of hydrogen-bond acceptors (Lipinski definition) is 4. The van der Waals surface area contributed by atoms with E-state index >= 15 is 0 Å². The van der Waals surface area contributed by atoms with Crippen LogP contribution in [-0.2, 0) is 0 Å². The van der Waals surface area contributed by atoms with E-state index in [9.17, 15) is 10.5 Å². The van der Waals surface area contributed by atoms with E-state index in [0.29, 0.717) is 11.4 Å². The normalized spacial score (nSPS) is 11.1. The highest BCUT2D eigenvalue weighted by Crippen LogP contribution is 2.43. The summed E-state index contributed by atoms with van der Waals surface area (Å²) < 4.78 is 2.38. The molecule has 0 aliphatic heterocycles. The molecule has 6 aromatic carbocycles. The molecule has 3 heterocycles. The molecule has 0 atom stereocenters. The number of nitrogens with zero attached hydrogens (tertiary/aromatic N) is 5. The van der Waals surface area contributed by atoms with Crippen molar-refractivity contribution in [2.75, 3.05) is 0 Å². The molecule has 0 N–H and O–H groups in total. The lowest BCUT2D eigenvalue weighted by Gasteiger charge is -2.13. The molecule has 0 amide bonds. The second kappa shape index (κ2) is 12.3. The molecule has 51 heavy (non-hydrogen) atoms. The molecule has 0 aliphatic rings. The van der Waals surface area contributed by atoms with Gasteiger partial charge in [-0.3, -0.25) is 0 Å². The first-order valence-corrected chi connectivity index (χ1v) is 16.7. The summed E-state index contributed by atoms with van der Waals surface area (Å²) in [7, 11) is 0. The second-order valence-electron chi connectivity index (χ2n) is 12.5. The van der Waals surface area contributed by atoms with Crippen molar-refractivity contribution in [3.63, 3.8) is 0 Å². The molecular weight excluding hydrogens is 623 g/mol. The molecule has 9 aromatic rings.